The van der Waals surface area contributed by atoms with Crippen molar-refractivity contribution in [2.45, 2.75) is 40.3 Å². The number of nitrogens with one attached hydrogen (secondary N) is 2. The van der Waals surface area contributed by atoms with E-state index in [1.54, 1.807) is 6.20 Å². The molecular formula is C14H22N6S. The molecule has 2 rings (SSSR count). The minimum absolute atomic E-state index is 0.631. The highest BCUT2D eigenvalue weighted by Gasteiger charge is 2.07. The third-order valence-corrected chi connectivity index (χ3v) is 3.51. The minimum atomic E-state index is 0.631. The molecule has 6 nitrogen and oxygen atoms in total. The van der Waals surface area contributed by atoms with Crippen LogP contribution in [0.15, 0.2) is 18.6 Å². The van der Waals surface area contributed by atoms with Crippen LogP contribution in [0.5, 0.6) is 0 Å². The van der Waals surface area contributed by atoms with E-state index in [-0.39, 0.29) is 0 Å². The normalized spacial score (nSPS) is 10.6. The number of aromatic nitrogens is 4. The fraction of sp³-hybridized carbons (Fsp3) is 0.500. The second kappa shape index (κ2) is 7.21. The van der Waals surface area contributed by atoms with E-state index in [0.29, 0.717) is 11.7 Å². The van der Waals surface area contributed by atoms with Crippen LogP contribution in [0.1, 0.15) is 31.5 Å². The zero-order valence-electron chi connectivity index (χ0n) is 12.8. The lowest BCUT2D eigenvalue weighted by Crippen LogP contribution is -2.28. The lowest BCUT2D eigenvalue weighted by Gasteiger charge is -2.07. The summed E-state index contributed by atoms with van der Waals surface area (Å²) in [5.74, 6) is 0. The van der Waals surface area contributed by atoms with Crippen LogP contribution in [0.2, 0.25) is 0 Å². The molecule has 2 aromatic heterocycles. The van der Waals surface area contributed by atoms with Crippen LogP contribution in [-0.4, -0.2) is 31.2 Å². The van der Waals surface area contributed by atoms with Gasteiger partial charge in [0.1, 0.15) is 0 Å². The van der Waals surface area contributed by atoms with Crippen molar-refractivity contribution in [3.63, 3.8) is 0 Å². The Balaban J connectivity index is 1.96. The molecule has 2 aromatic rings. The largest absolute Gasteiger partial charge is 0.362 e. The molecule has 0 saturated carbocycles. The van der Waals surface area contributed by atoms with Gasteiger partial charge in [-0.25, -0.2) is 0 Å². The van der Waals surface area contributed by atoms with E-state index < -0.39 is 0 Å². The van der Waals surface area contributed by atoms with Gasteiger partial charge < -0.3 is 10.6 Å². The summed E-state index contributed by atoms with van der Waals surface area (Å²) in [4.78, 5) is 0. The predicted octanol–water partition coefficient (Wildman–Crippen LogP) is 2.15. The van der Waals surface area contributed by atoms with Gasteiger partial charge in [-0.3, -0.25) is 9.36 Å². The van der Waals surface area contributed by atoms with E-state index in [4.69, 9.17) is 12.2 Å². The predicted molar refractivity (Wildman–Crippen MR) is 88.5 cm³/mol. The monoisotopic (exact) mass is 306 g/mol. The zero-order chi connectivity index (χ0) is 15.2. The van der Waals surface area contributed by atoms with Gasteiger partial charge >= 0.3 is 0 Å². The van der Waals surface area contributed by atoms with Crippen LogP contribution >= 0.6 is 12.2 Å². The third kappa shape index (κ3) is 4.04. The Morgan fingerprint density at radius 3 is 2.76 bits per heavy atom. The van der Waals surface area contributed by atoms with E-state index in [2.05, 4.69) is 41.6 Å². The van der Waals surface area contributed by atoms with Gasteiger partial charge in [0, 0.05) is 30.5 Å². The average Bonchev–Trinajstić information content (AvgIpc) is 3.05. The zero-order valence-corrected chi connectivity index (χ0v) is 13.6. The highest BCUT2D eigenvalue weighted by molar-refractivity contribution is 7.80. The molecule has 0 fully saturated rings. The SMILES string of the molecule is CCCNC(=S)Nc1cnn(Cc2cnn(CC)c2C)c1. The van der Waals surface area contributed by atoms with Gasteiger partial charge in [-0.2, -0.15) is 10.2 Å². The summed E-state index contributed by atoms with van der Waals surface area (Å²) < 4.78 is 3.87. The molecule has 0 aromatic carbocycles. The maximum absolute atomic E-state index is 5.21. The molecule has 0 bridgehead atoms. The number of hydrogen-bond donors (Lipinski definition) is 2. The second-order valence-corrected chi connectivity index (χ2v) is 5.29. The van der Waals surface area contributed by atoms with Crippen molar-refractivity contribution in [1.29, 1.82) is 0 Å². The van der Waals surface area contributed by atoms with Gasteiger partial charge in [0.05, 0.1) is 24.6 Å². The van der Waals surface area contributed by atoms with Gasteiger partial charge in [-0.15, -0.1) is 0 Å². The Morgan fingerprint density at radius 1 is 1.29 bits per heavy atom. The van der Waals surface area contributed by atoms with Gasteiger partial charge in [0.25, 0.3) is 0 Å². The Kier molecular flexibility index (Phi) is 5.32. The van der Waals surface area contributed by atoms with E-state index in [0.717, 1.165) is 25.2 Å². The molecular weight excluding hydrogens is 284 g/mol. The minimum Gasteiger partial charge on any atom is -0.362 e. The number of aryl methyl sites for hydroxylation is 1. The first-order chi connectivity index (χ1) is 10.1. The highest BCUT2D eigenvalue weighted by Crippen LogP contribution is 2.11. The maximum atomic E-state index is 5.21. The molecule has 0 unspecified atom stereocenters. The third-order valence-electron chi connectivity index (χ3n) is 3.26. The van der Waals surface area contributed by atoms with Crippen molar-refractivity contribution in [3.8, 4) is 0 Å². The molecule has 2 N–H and O–H groups in total. The quantitative estimate of drug-likeness (QED) is 0.801. The molecule has 2 heterocycles. The molecule has 0 aliphatic heterocycles. The van der Waals surface area contributed by atoms with Crippen LogP contribution < -0.4 is 10.6 Å². The van der Waals surface area contributed by atoms with E-state index in [1.165, 1.54) is 11.3 Å². The number of nitrogens with zero attached hydrogens (tertiary/aromatic N) is 4. The van der Waals surface area contributed by atoms with Crippen LogP contribution in [0, 0.1) is 6.92 Å². The molecule has 0 radical (unpaired) electrons. The van der Waals surface area contributed by atoms with Crippen molar-refractivity contribution in [3.05, 3.63) is 29.8 Å². The van der Waals surface area contributed by atoms with Crippen molar-refractivity contribution < 1.29 is 0 Å². The van der Waals surface area contributed by atoms with Crippen LogP contribution in [0.25, 0.3) is 0 Å². The average molecular weight is 306 g/mol. The first kappa shape index (κ1) is 15.5. The summed E-state index contributed by atoms with van der Waals surface area (Å²) in [5, 5.41) is 15.6. The maximum Gasteiger partial charge on any atom is 0.170 e. The summed E-state index contributed by atoms with van der Waals surface area (Å²) in [6.45, 7) is 8.74. The number of rotatable bonds is 6. The topological polar surface area (TPSA) is 59.7 Å². The van der Waals surface area contributed by atoms with Gasteiger partial charge in [0.2, 0.25) is 0 Å². The van der Waals surface area contributed by atoms with Crippen molar-refractivity contribution in [2.24, 2.45) is 0 Å². The Hall–Kier alpha value is -1.89. The van der Waals surface area contributed by atoms with Crippen molar-refractivity contribution >= 4 is 23.0 Å². The van der Waals surface area contributed by atoms with Crippen LogP contribution in [0.3, 0.4) is 0 Å². The van der Waals surface area contributed by atoms with Gasteiger partial charge in [-0.05, 0) is 32.5 Å². The molecule has 114 valence electrons. The molecule has 0 aliphatic rings. The fourth-order valence-corrected chi connectivity index (χ4v) is 2.28. The molecule has 0 saturated heterocycles. The summed E-state index contributed by atoms with van der Waals surface area (Å²) in [7, 11) is 0. The summed E-state index contributed by atoms with van der Waals surface area (Å²) in [6.07, 6.45) is 6.67. The molecule has 0 spiro atoms. The molecule has 0 amide bonds. The number of anilines is 1. The fourth-order valence-electron chi connectivity index (χ4n) is 2.06. The molecule has 7 heteroatoms. The smallest absolute Gasteiger partial charge is 0.170 e. The number of hydrogen-bond acceptors (Lipinski definition) is 3. The van der Waals surface area contributed by atoms with Crippen LogP contribution in [-0.2, 0) is 13.1 Å². The first-order valence-electron chi connectivity index (χ1n) is 7.22. The second-order valence-electron chi connectivity index (χ2n) is 4.88. The Labute approximate surface area is 130 Å². The Morgan fingerprint density at radius 2 is 2.10 bits per heavy atom. The number of thiocarbonyl (C=S) groups is 1. The lowest BCUT2D eigenvalue weighted by atomic mass is 10.2. The molecule has 0 aliphatic carbocycles. The first-order valence-corrected chi connectivity index (χ1v) is 7.63. The highest BCUT2D eigenvalue weighted by atomic mass is 32.1. The van der Waals surface area contributed by atoms with Crippen molar-refractivity contribution in [1.82, 2.24) is 24.9 Å². The van der Waals surface area contributed by atoms with Gasteiger partial charge in [-0.1, -0.05) is 6.92 Å². The standard InChI is InChI=1S/C14H22N6S/c1-4-6-15-14(21)18-13-8-16-19(10-13)9-12-7-17-20(5-2)11(12)3/h7-8,10H,4-6,9H2,1-3H3,(H2,15,18,21). The summed E-state index contributed by atoms with van der Waals surface area (Å²) in [6, 6.07) is 0. The lowest BCUT2D eigenvalue weighted by molar-refractivity contribution is 0.633. The van der Waals surface area contributed by atoms with E-state index in [1.807, 2.05) is 21.8 Å². The van der Waals surface area contributed by atoms with E-state index in [9.17, 15) is 0 Å². The molecule has 21 heavy (non-hydrogen) atoms. The van der Waals surface area contributed by atoms with Crippen LogP contribution in [0.4, 0.5) is 5.69 Å². The van der Waals surface area contributed by atoms with Crippen molar-refractivity contribution in [2.75, 3.05) is 11.9 Å². The van der Waals surface area contributed by atoms with E-state index >= 15 is 0 Å². The Bertz CT molecular complexity index is 600. The molecule has 0 atom stereocenters. The van der Waals surface area contributed by atoms with Gasteiger partial charge in [0.15, 0.2) is 5.11 Å². The summed E-state index contributed by atoms with van der Waals surface area (Å²) in [5.41, 5.74) is 3.25. The summed E-state index contributed by atoms with van der Waals surface area (Å²) >= 11 is 5.21.